The number of hydrogen-bond donors (Lipinski definition) is 2. The quantitative estimate of drug-likeness (QED) is 0.737. The Morgan fingerprint density at radius 2 is 1.75 bits per heavy atom. The lowest BCUT2D eigenvalue weighted by atomic mass is 10.2. The van der Waals surface area contributed by atoms with Gasteiger partial charge >= 0.3 is 0 Å². The minimum atomic E-state index is 0.676. The summed E-state index contributed by atoms with van der Waals surface area (Å²) in [5.74, 6) is 1.63. The van der Waals surface area contributed by atoms with Crippen molar-refractivity contribution in [3.8, 4) is 11.5 Å². The van der Waals surface area contributed by atoms with E-state index in [9.17, 15) is 0 Å². The maximum Gasteiger partial charge on any atom is 0.150 e. The number of H-pyrrole nitrogens is 1. The van der Waals surface area contributed by atoms with Crippen LogP contribution in [0.4, 0.5) is 5.69 Å². The van der Waals surface area contributed by atoms with Crippen LogP contribution in [-0.4, -0.2) is 10.2 Å². The summed E-state index contributed by atoms with van der Waals surface area (Å²) < 4.78 is 5.89. The summed E-state index contributed by atoms with van der Waals surface area (Å²) in [7, 11) is 0. The topological polar surface area (TPSA) is 49.9 Å². The Balaban J connectivity index is 1.74. The van der Waals surface area contributed by atoms with Gasteiger partial charge < -0.3 is 10.1 Å². The van der Waals surface area contributed by atoms with Crippen LogP contribution < -0.4 is 10.1 Å². The van der Waals surface area contributed by atoms with E-state index in [1.165, 1.54) is 0 Å². The molecule has 2 N–H and O–H groups in total. The number of aromatic nitrogens is 2. The average Bonchev–Trinajstić information content (AvgIpc) is 3.01. The van der Waals surface area contributed by atoms with Crippen LogP contribution in [-0.2, 0) is 6.54 Å². The molecule has 0 aliphatic heterocycles. The fourth-order valence-corrected chi connectivity index (χ4v) is 1.89. The molecule has 0 aliphatic carbocycles. The van der Waals surface area contributed by atoms with Crippen LogP contribution >= 0.6 is 0 Å². The van der Waals surface area contributed by atoms with Gasteiger partial charge in [-0.1, -0.05) is 30.3 Å². The fourth-order valence-electron chi connectivity index (χ4n) is 1.89. The number of hydrogen-bond acceptors (Lipinski definition) is 3. The molecule has 0 spiro atoms. The molecule has 20 heavy (non-hydrogen) atoms. The highest BCUT2D eigenvalue weighted by Gasteiger charge is 2.04. The second-order valence-electron chi connectivity index (χ2n) is 4.35. The van der Waals surface area contributed by atoms with Crippen LogP contribution in [0.3, 0.4) is 0 Å². The molecule has 0 radical (unpaired) electrons. The van der Waals surface area contributed by atoms with Crippen LogP contribution in [0.2, 0.25) is 0 Å². The van der Waals surface area contributed by atoms with Crippen molar-refractivity contribution < 1.29 is 4.74 Å². The summed E-state index contributed by atoms with van der Waals surface area (Å²) in [5, 5.41) is 10.2. The Kier molecular flexibility index (Phi) is 3.64. The van der Waals surface area contributed by atoms with Gasteiger partial charge in [0.25, 0.3) is 0 Å². The number of ether oxygens (including phenoxy) is 1. The van der Waals surface area contributed by atoms with Crippen molar-refractivity contribution in [1.29, 1.82) is 0 Å². The van der Waals surface area contributed by atoms with Gasteiger partial charge in [0.15, 0.2) is 5.75 Å². The van der Waals surface area contributed by atoms with E-state index in [1.54, 1.807) is 6.20 Å². The maximum absolute atomic E-state index is 5.89. The van der Waals surface area contributed by atoms with Crippen molar-refractivity contribution in [3.05, 3.63) is 72.6 Å². The third kappa shape index (κ3) is 2.98. The smallest absolute Gasteiger partial charge is 0.150 e. The number of benzene rings is 2. The predicted octanol–water partition coefficient (Wildman–Crippen LogP) is 3.81. The molecule has 0 aliphatic rings. The van der Waals surface area contributed by atoms with Crippen molar-refractivity contribution in [1.82, 2.24) is 10.2 Å². The van der Waals surface area contributed by atoms with Gasteiger partial charge in [-0.2, -0.15) is 5.10 Å². The molecule has 100 valence electrons. The lowest BCUT2D eigenvalue weighted by Gasteiger charge is -2.12. The normalized spacial score (nSPS) is 10.2. The van der Waals surface area contributed by atoms with Crippen molar-refractivity contribution in [3.63, 3.8) is 0 Å². The molecule has 4 heteroatoms. The number of rotatable bonds is 5. The molecule has 0 saturated carbocycles. The van der Waals surface area contributed by atoms with Gasteiger partial charge in [0.2, 0.25) is 0 Å². The molecule has 0 fully saturated rings. The van der Waals surface area contributed by atoms with E-state index in [1.807, 2.05) is 60.7 Å². The molecule has 1 aromatic heterocycles. The van der Waals surface area contributed by atoms with Crippen LogP contribution in [0, 0.1) is 0 Å². The van der Waals surface area contributed by atoms with Crippen molar-refractivity contribution >= 4 is 5.69 Å². The number of para-hydroxylation sites is 3. The number of nitrogens with one attached hydrogen (secondary N) is 2. The highest BCUT2D eigenvalue weighted by molar-refractivity contribution is 5.57. The first-order valence-corrected chi connectivity index (χ1v) is 6.46. The molecular weight excluding hydrogens is 250 g/mol. The maximum atomic E-state index is 5.89. The Hall–Kier alpha value is -2.75. The molecule has 0 bridgehead atoms. The van der Waals surface area contributed by atoms with Gasteiger partial charge in [-0.3, -0.25) is 5.10 Å². The third-order valence-electron chi connectivity index (χ3n) is 2.89. The number of aromatic amines is 1. The molecule has 4 nitrogen and oxygen atoms in total. The third-order valence-corrected chi connectivity index (χ3v) is 2.89. The summed E-state index contributed by atoms with van der Waals surface area (Å²) in [6, 6.07) is 19.6. The van der Waals surface area contributed by atoms with Gasteiger partial charge in [0.05, 0.1) is 17.9 Å². The minimum absolute atomic E-state index is 0.676. The molecule has 0 amide bonds. The zero-order chi connectivity index (χ0) is 13.6. The first kappa shape index (κ1) is 12.3. The molecule has 0 atom stereocenters. The van der Waals surface area contributed by atoms with E-state index in [-0.39, 0.29) is 0 Å². The van der Waals surface area contributed by atoms with E-state index in [0.717, 1.165) is 22.9 Å². The monoisotopic (exact) mass is 265 g/mol. The second kappa shape index (κ2) is 5.93. The first-order valence-electron chi connectivity index (χ1n) is 6.46. The van der Waals surface area contributed by atoms with Crippen LogP contribution in [0.5, 0.6) is 11.5 Å². The van der Waals surface area contributed by atoms with Crippen LogP contribution in [0.1, 0.15) is 5.69 Å². The lowest BCUT2D eigenvalue weighted by Crippen LogP contribution is -2.01. The van der Waals surface area contributed by atoms with Gasteiger partial charge in [-0.25, -0.2) is 0 Å². The minimum Gasteiger partial charge on any atom is -0.455 e. The van der Waals surface area contributed by atoms with E-state index in [4.69, 9.17) is 4.74 Å². The van der Waals surface area contributed by atoms with E-state index in [0.29, 0.717) is 6.54 Å². The van der Waals surface area contributed by atoms with E-state index < -0.39 is 0 Å². The van der Waals surface area contributed by atoms with E-state index in [2.05, 4.69) is 15.5 Å². The fraction of sp³-hybridized carbons (Fsp3) is 0.0625. The Labute approximate surface area is 117 Å². The number of nitrogens with zero attached hydrogens (tertiary/aromatic N) is 1. The van der Waals surface area contributed by atoms with Gasteiger partial charge in [-0.15, -0.1) is 0 Å². The zero-order valence-corrected chi connectivity index (χ0v) is 10.9. The number of anilines is 1. The molecule has 3 rings (SSSR count). The van der Waals surface area contributed by atoms with Crippen LogP contribution in [0.25, 0.3) is 0 Å². The summed E-state index contributed by atoms with van der Waals surface area (Å²) >= 11 is 0. The van der Waals surface area contributed by atoms with Crippen molar-refractivity contribution in [2.45, 2.75) is 6.54 Å². The van der Waals surface area contributed by atoms with Crippen LogP contribution in [0.15, 0.2) is 66.9 Å². The first-order chi connectivity index (χ1) is 9.92. The summed E-state index contributed by atoms with van der Waals surface area (Å²) in [6.45, 7) is 0.676. The van der Waals surface area contributed by atoms with Gasteiger partial charge in [0, 0.05) is 6.20 Å². The zero-order valence-electron chi connectivity index (χ0n) is 10.9. The molecule has 1 heterocycles. The summed E-state index contributed by atoms with van der Waals surface area (Å²) in [4.78, 5) is 0. The predicted molar refractivity (Wildman–Crippen MR) is 78.9 cm³/mol. The summed E-state index contributed by atoms with van der Waals surface area (Å²) in [6.07, 6.45) is 1.74. The van der Waals surface area contributed by atoms with Gasteiger partial charge in [-0.05, 0) is 30.3 Å². The largest absolute Gasteiger partial charge is 0.455 e. The Morgan fingerprint density at radius 1 is 0.950 bits per heavy atom. The SMILES string of the molecule is c1ccc(Oc2ccccc2NCc2ccn[nH]2)cc1. The standard InChI is InChI=1S/C16H15N3O/c1-2-6-14(7-3-1)20-16-9-5-4-8-15(16)17-12-13-10-11-18-19-13/h1-11,17H,12H2,(H,18,19). The highest BCUT2D eigenvalue weighted by atomic mass is 16.5. The van der Waals surface area contributed by atoms with Crippen molar-refractivity contribution in [2.75, 3.05) is 5.32 Å². The van der Waals surface area contributed by atoms with E-state index >= 15 is 0 Å². The Bertz CT molecular complexity index is 651. The molecule has 3 aromatic rings. The van der Waals surface area contributed by atoms with Gasteiger partial charge in [0.1, 0.15) is 5.75 Å². The molecular formula is C16H15N3O. The summed E-state index contributed by atoms with van der Waals surface area (Å²) in [5.41, 5.74) is 1.98. The Morgan fingerprint density at radius 3 is 2.55 bits per heavy atom. The molecule has 0 saturated heterocycles. The average molecular weight is 265 g/mol. The lowest BCUT2D eigenvalue weighted by molar-refractivity contribution is 0.484. The van der Waals surface area contributed by atoms with Crippen molar-refractivity contribution in [2.24, 2.45) is 0 Å². The second-order valence-corrected chi connectivity index (χ2v) is 4.35. The molecule has 0 unspecified atom stereocenters. The highest BCUT2D eigenvalue weighted by Crippen LogP contribution is 2.29. The molecule has 2 aromatic carbocycles.